The molecule has 2 atom stereocenters. The maximum absolute atomic E-state index is 5.40. The number of nitrogens with zero attached hydrogens (tertiary/aromatic N) is 2. The Bertz CT molecular complexity index is 532. The van der Waals surface area contributed by atoms with Crippen molar-refractivity contribution in [3.8, 4) is 5.69 Å². The van der Waals surface area contributed by atoms with Gasteiger partial charge in [0, 0.05) is 31.0 Å². The first-order valence-corrected chi connectivity index (χ1v) is 7.24. The molecular formula is C16H21N3O. The topological polar surface area (TPSA) is 39.1 Å². The number of para-hydroxylation sites is 1. The molecule has 106 valence electrons. The Morgan fingerprint density at radius 1 is 1.40 bits per heavy atom. The van der Waals surface area contributed by atoms with E-state index in [1.807, 2.05) is 29.1 Å². The summed E-state index contributed by atoms with van der Waals surface area (Å²) in [6, 6.07) is 10.5. The van der Waals surface area contributed by atoms with Crippen molar-refractivity contribution >= 4 is 0 Å². The summed E-state index contributed by atoms with van der Waals surface area (Å²) < 4.78 is 7.32. The van der Waals surface area contributed by atoms with Crippen LogP contribution in [0.25, 0.3) is 5.69 Å². The molecule has 4 heteroatoms. The summed E-state index contributed by atoms with van der Waals surface area (Å²) in [5, 5.41) is 8.01. The Hall–Kier alpha value is -1.65. The number of nitrogens with one attached hydrogen (secondary N) is 1. The highest BCUT2D eigenvalue weighted by Gasteiger charge is 2.17. The van der Waals surface area contributed by atoms with Gasteiger partial charge in [-0.1, -0.05) is 18.2 Å². The van der Waals surface area contributed by atoms with Crippen LogP contribution in [0.5, 0.6) is 0 Å². The molecular weight excluding hydrogens is 250 g/mol. The van der Waals surface area contributed by atoms with Crippen molar-refractivity contribution in [3.63, 3.8) is 0 Å². The summed E-state index contributed by atoms with van der Waals surface area (Å²) in [7, 11) is 0. The third-order valence-corrected chi connectivity index (χ3v) is 3.86. The van der Waals surface area contributed by atoms with E-state index in [0.717, 1.165) is 25.4 Å². The molecule has 0 bridgehead atoms. The van der Waals surface area contributed by atoms with E-state index >= 15 is 0 Å². The molecule has 2 unspecified atom stereocenters. The first-order valence-electron chi connectivity index (χ1n) is 7.24. The maximum atomic E-state index is 5.40. The summed E-state index contributed by atoms with van der Waals surface area (Å²) >= 11 is 0. The van der Waals surface area contributed by atoms with Crippen LogP contribution in [0, 0.1) is 5.92 Å². The lowest BCUT2D eigenvalue weighted by Crippen LogP contribution is -2.25. The van der Waals surface area contributed by atoms with Gasteiger partial charge in [0.25, 0.3) is 0 Å². The molecule has 1 aromatic carbocycles. The molecule has 4 nitrogen and oxygen atoms in total. The molecule has 0 amide bonds. The van der Waals surface area contributed by atoms with Crippen LogP contribution in [-0.2, 0) is 4.74 Å². The fourth-order valence-electron chi connectivity index (χ4n) is 2.49. The summed E-state index contributed by atoms with van der Waals surface area (Å²) in [6.45, 7) is 5.00. The molecule has 1 aliphatic rings. The Labute approximate surface area is 119 Å². The Kier molecular flexibility index (Phi) is 4.14. The number of ether oxygens (including phenoxy) is 1. The van der Waals surface area contributed by atoms with Gasteiger partial charge in [-0.05, 0) is 31.4 Å². The van der Waals surface area contributed by atoms with E-state index in [9.17, 15) is 0 Å². The Morgan fingerprint density at radius 3 is 3.00 bits per heavy atom. The Morgan fingerprint density at radius 2 is 2.25 bits per heavy atom. The van der Waals surface area contributed by atoms with Crippen molar-refractivity contribution in [2.24, 2.45) is 5.92 Å². The van der Waals surface area contributed by atoms with Crippen LogP contribution < -0.4 is 5.32 Å². The van der Waals surface area contributed by atoms with E-state index in [-0.39, 0.29) is 0 Å². The molecule has 0 spiro atoms. The molecule has 3 rings (SSSR count). The van der Waals surface area contributed by atoms with Gasteiger partial charge in [0.15, 0.2) is 0 Å². The molecule has 0 radical (unpaired) electrons. The number of hydrogen-bond donors (Lipinski definition) is 1. The van der Waals surface area contributed by atoms with E-state index in [4.69, 9.17) is 4.74 Å². The molecule has 2 heterocycles. The van der Waals surface area contributed by atoms with Crippen LogP contribution in [0.15, 0.2) is 42.7 Å². The standard InChI is InChI=1S/C16H21N3O/c1-13(17-9-14-7-8-20-12-14)15-10-18-19(11-15)16-5-3-2-4-6-16/h2-6,10-11,13-14,17H,7-9,12H2,1H3. The molecule has 1 fully saturated rings. The van der Waals surface area contributed by atoms with Gasteiger partial charge in [-0.25, -0.2) is 4.68 Å². The SMILES string of the molecule is CC(NCC1CCOC1)c1cnn(-c2ccccc2)c1. The van der Waals surface area contributed by atoms with Gasteiger partial charge < -0.3 is 10.1 Å². The fourth-order valence-corrected chi connectivity index (χ4v) is 2.49. The summed E-state index contributed by atoms with van der Waals surface area (Å²) in [5.41, 5.74) is 2.31. The molecule has 2 aromatic rings. The number of rotatable bonds is 5. The van der Waals surface area contributed by atoms with Crippen molar-refractivity contribution < 1.29 is 4.74 Å². The van der Waals surface area contributed by atoms with Gasteiger partial charge in [0.1, 0.15) is 0 Å². The first-order chi connectivity index (χ1) is 9.83. The highest BCUT2D eigenvalue weighted by Crippen LogP contribution is 2.16. The van der Waals surface area contributed by atoms with E-state index < -0.39 is 0 Å². The largest absolute Gasteiger partial charge is 0.381 e. The van der Waals surface area contributed by atoms with Crippen LogP contribution in [0.4, 0.5) is 0 Å². The predicted molar refractivity (Wildman–Crippen MR) is 78.9 cm³/mol. The Balaban J connectivity index is 1.61. The predicted octanol–water partition coefficient (Wildman–Crippen LogP) is 2.56. The number of hydrogen-bond acceptors (Lipinski definition) is 3. The fraction of sp³-hybridized carbons (Fsp3) is 0.438. The van der Waals surface area contributed by atoms with Crippen LogP contribution in [0.2, 0.25) is 0 Å². The smallest absolute Gasteiger partial charge is 0.0645 e. The first kappa shape index (κ1) is 13.3. The molecule has 1 N–H and O–H groups in total. The lowest BCUT2D eigenvalue weighted by Gasteiger charge is -2.14. The quantitative estimate of drug-likeness (QED) is 0.908. The van der Waals surface area contributed by atoms with E-state index in [2.05, 4.69) is 35.7 Å². The zero-order valence-corrected chi connectivity index (χ0v) is 11.8. The van der Waals surface area contributed by atoms with E-state index in [1.54, 1.807) is 0 Å². The third-order valence-electron chi connectivity index (χ3n) is 3.86. The minimum atomic E-state index is 0.313. The second kappa shape index (κ2) is 6.20. The van der Waals surface area contributed by atoms with Crippen LogP contribution in [-0.4, -0.2) is 29.5 Å². The maximum Gasteiger partial charge on any atom is 0.0645 e. The van der Waals surface area contributed by atoms with E-state index in [1.165, 1.54) is 12.0 Å². The van der Waals surface area contributed by atoms with Crippen LogP contribution >= 0.6 is 0 Å². The summed E-state index contributed by atoms with van der Waals surface area (Å²) in [6.07, 6.45) is 5.21. The molecule has 20 heavy (non-hydrogen) atoms. The summed E-state index contributed by atoms with van der Waals surface area (Å²) in [5.74, 6) is 0.654. The zero-order chi connectivity index (χ0) is 13.8. The van der Waals surface area contributed by atoms with Crippen molar-refractivity contribution in [2.45, 2.75) is 19.4 Å². The van der Waals surface area contributed by atoms with Crippen molar-refractivity contribution in [2.75, 3.05) is 19.8 Å². The summed E-state index contributed by atoms with van der Waals surface area (Å²) in [4.78, 5) is 0. The van der Waals surface area contributed by atoms with Gasteiger partial charge in [0.2, 0.25) is 0 Å². The number of benzene rings is 1. The highest BCUT2D eigenvalue weighted by atomic mass is 16.5. The minimum Gasteiger partial charge on any atom is -0.381 e. The lowest BCUT2D eigenvalue weighted by atomic mass is 10.1. The molecule has 1 aliphatic heterocycles. The van der Waals surface area contributed by atoms with Gasteiger partial charge in [-0.3, -0.25) is 0 Å². The number of aromatic nitrogens is 2. The highest BCUT2D eigenvalue weighted by molar-refractivity contribution is 5.31. The lowest BCUT2D eigenvalue weighted by molar-refractivity contribution is 0.184. The minimum absolute atomic E-state index is 0.313. The second-order valence-electron chi connectivity index (χ2n) is 5.41. The molecule has 0 saturated carbocycles. The van der Waals surface area contributed by atoms with E-state index in [0.29, 0.717) is 12.0 Å². The van der Waals surface area contributed by atoms with Gasteiger partial charge in [0.05, 0.1) is 18.5 Å². The molecule has 1 aromatic heterocycles. The normalized spacial score (nSPS) is 20.1. The van der Waals surface area contributed by atoms with Crippen LogP contribution in [0.1, 0.15) is 24.9 Å². The third kappa shape index (κ3) is 3.08. The average Bonchev–Trinajstić information content (AvgIpc) is 3.17. The zero-order valence-electron chi connectivity index (χ0n) is 11.8. The van der Waals surface area contributed by atoms with Crippen molar-refractivity contribution in [1.82, 2.24) is 15.1 Å². The second-order valence-corrected chi connectivity index (χ2v) is 5.41. The monoisotopic (exact) mass is 271 g/mol. The van der Waals surface area contributed by atoms with Crippen molar-refractivity contribution in [1.29, 1.82) is 0 Å². The average molecular weight is 271 g/mol. The molecule has 1 saturated heterocycles. The molecule has 0 aliphatic carbocycles. The van der Waals surface area contributed by atoms with Gasteiger partial charge in [-0.15, -0.1) is 0 Å². The van der Waals surface area contributed by atoms with Crippen LogP contribution in [0.3, 0.4) is 0 Å². The van der Waals surface area contributed by atoms with Gasteiger partial charge in [-0.2, -0.15) is 5.10 Å². The van der Waals surface area contributed by atoms with Gasteiger partial charge >= 0.3 is 0 Å². The van der Waals surface area contributed by atoms with Crippen molar-refractivity contribution in [3.05, 3.63) is 48.3 Å².